The summed E-state index contributed by atoms with van der Waals surface area (Å²) < 4.78 is 0. The summed E-state index contributed by atoms with van der Waals surface area (Å²) >= 11 is 0. The van der Waals surface area contributed by atoms with Gasteiger partial charge in [-0.25, -0.2) is 0 Å². The molecule has 1 N–H and O–H groups in total. The number of pyridine rings is 1. The molecule has 0 radical (unpaired) electrons. The van der Waals surface area contributed by atoms with Crippen LogP contribution >= 0.6 is 0 Å². The lowest BCUT2D eigenvalue weighted by atomic mass is 9.96. The van der Waals surface area contributed by atoms with Gasteiger partial charge >= 0.3 is 0 Å². The first kappa shape index (κ1) is 12.8. The van der Waals surface area contributed by atoms with Crippen LogP contribution in [0.3, 0.4) is 0 Å². The molecule has 18 heavy (non-hydrogen) atoms. The molecule has 1 aromatic heterocycles. The first-order chi connectivity index (χ1) is 8.72. The smallest absolute Gasteiger partial charge is 0.0594 e. The zero-order chi connectivity index (χ0) is 13.0. The maximum absolute atomic E-state index is 4.40. The van der Waals surface area contributed by atoms with Crippen molar-refractivity contribution < 1.29 is 0 Å². The number of nitrogens with zero attached hydrogens (tertiary/aromatic N) is 1. The summed E-state index contributed by atoms with van der Waals surface area (Å²) in [5, 5.41) is 3.54. The lowest BCUT2D eigenvalue weighted by Crippen LogP contribution is -2.22. The van der Waals surface area contributed by atoms with E-state index in [4.69, 9.17) is 0 Å². The number of hydrogen-bond donors (Lipinski definition) is 1. The first-order valence-electron chi connectivity index (χ1n) is 6.44. The van der Waals surface area contributed by atoms with Crippen molar-refractivity contribution in [2.24, 2.45) is 0 Å². The highest BCUT2D eigenvalue weighted by Gasteiger charge is 2.14. The highest BCUT2D eigenvalue weighted by atomic mass is 14.9. The molecule has 0 bridgehead atoms. The number of hydrogen-bond acceptors (Lipinski definition) is 2. The van der Waals surface area contributed by atoms with Crippen LogP contribution in [0.15, 0.2) is 42.6 Å². The molecule has 0 spiro atoms. The van der Waals surface area contributed by atoms with Gasteiger partial charge in [-0.3, -0.25) is 4.98 Å². The van der Waals surface area contributed by atoms with E-state index in [0.29, 0.717) is 0 Å². The molecule has 0 aliphatic heterocycles. The minimum Gasteiger partial charge on any atom is -0.306 e. The molecule has 0 fully saturated rings. The third-order valence-electron chi connectivity index (χ3n) is 3.18. The summed E-state index contributed by atoms with van der Waals surface area (Å²) in [5.41, 5.74) is 4.91. The van der Waals surface area contributed by atoms with Crippen molar-refractivity contribution in [1.82, 2.24) is 10.3 Å². The quantitative estimate of drug-likeness (QED) is 0.886. The lowest BCUT2D eigenvalue weighted by Gasteiger charge is -2.20. The summed E-state index contributed by atoms with van der Waals surface area (Å²) in [6.07, 6.45) is 1.97. The van der Waals surface area contributed by atoms with Gasteiger partial charge in [0.15, 0.2) is 0 Å². The maximum Gasteiger partial charge on any atom is 0.0594 e. The van der Waals surface area contributed by atoms with Crippen molar-refractivity contribution in [2.75, 3.05) is 6.54 Å². The Balaban J connectivity index is 2.40. The van der Waals surface area contributed by atoms with Crippen LogP contribution in [0, 0.1) is 13.8 Å². The Hall–Kier alpha value is -1.67. The van der Waals surface area contributed by atoms with Crippen LogP contribution in [0.2, 0.25) is 0 Å². The van der Waals surface area contributed by atoms with Gasteiger partial charge in [0, 0.05) is 11.9 Å². The molecule has 1 aromatic carbocycles. The van der Waals surface area contributed by atoms with Crippen LogP contribution in [0.25, 0.3) is 0 Å². The first-order valence-corrected chi connectivity index (χ1v) is 6.44. The van der Waals surface area contributed by atoms with Crippen LogP contribution in [0.1, 0.15) is 35.3 Å². The molecule has 0 amide bonds. The Morgan fingerprint density at radius 1 is 1.11 bits per heavy atom. The fraction of sp³-hybridized carbons (Fsp3) is 0.312. The van der Waals surface area contributed by atoms with Crippen LogP contribution in [-0.2, 0) is 0 Å². The average Bonchev–Trinajstić information content (AvgIpc) is 2.38. The van der Waals surface area contributed by atoms with Gasteiger partial charge in [-0.05, 0) is 43.1 Å². The van der Waals surface area contributed by atoms with Gasteiger partial charge < -0.3 is 5.32 Å². The third kappa shape index (κ3) is 2.77. The molecule has 1 heterocycles. The standard InChI is InChI=1S/C16H20N2/c1-4-17-16(14-10-9-13(3)18-11-14)15-8-6-5-7-12(15)2/h5-11,16-17H,4H2,1-3H3. The van der Waals surface area contributed by atoms with Crippen molar-refractivity contribution >= 4 is 0 Å². The summed E-state index contributed by atoms with van der Waals surface area (Å²) in [4.78, 5) is 4.40. The molecule has 2 nitrogen and oxygen atoms in total. The molecule has 0 aliphatic carbocycles. The van der Waals surface area contributed by atoms with Crippen LogP contribution in [-0.4, -0.2) is 11.5 Å². The van der Waals surface area contributed by atoms with Gasteiger partial charge in [0.25, 0.3) is 0 Å². The fourth-order valence-corrected chi connectivity index (χ4v) is 2.17. The zero-order valence-electron chi connectivity index (χ0n) is 11.3. The van der Waals surface area contributed by atoms with Gasteiger partial charge in [0.1, 0.15) is 0 Å². The van der Waals surface area contributed by atoms with E-state index < -0.39 is 0 Å². The van der Waals surface area contributed by atoms with E-state index in [1.54, 1.807) is 0 Å². The Kier molecular flexibility index (Phi) is 4.11. The number of aryl methyl sites for hydroxylation is 2. The predicted octanol–water partition coefficient (Wildman–Crippen LogP) is 3.40. The van der Waals surface area contributed by atoms with Gasteiger partial charge in [0.05, 0.1) is 6.04 Å². The summed E-state index contributed by atoms with van der Waals surface area (Å²) in [6.45, 7) is 7.24. The van der Waals surface area contributed by atoms with Crippen molar-refractivity contribution in [1.29, 1.82) is 0 Å². The Morgan fingerprint density at radius 2 is 1.89 bits per heavy atom. The molecule has 2 rings (SSSR count). The van der Waals surface area contributed by atoms with Gasteiger partial charge in [-0.2, -0.15) is 0 Å². The van der Waals surface area contributed by atoms with Crippen molar-refractivity contribution in [3.63, 3.8) is 0 Å². The predicted molar refractivity (Wildman–Crippen MR) is 75.7 cm³/mol. The summed E-state index contributed by atoms with van der Waals surface area (Å²) in [5.74, 6) is 0. The lowest BCUT2D eigenvalue weighted by molar-refractivity contribution is 0.625. The monoisotopic (exact) mass is 240 g/mol. The van der Waals surface area contributed by atoms with Crippen LogP contribution < -0.4 is 5.32 Å². The van der Waals surface area contributed by atoms with E-state index in [9.17, 15) is 0 Å². The van der Waals surface area contributed by atoms with E-state index in [1.807, 2.05) is 13.1 Å². The van der Waals surface area contributed by atoms with E-state index in [2.05, 4.69) is 60.5 Å². The topological polar surface area (TPSA) is 24.9 Å². The van der Waals surface area contributed by atoms with Crippen molar-refractivity contribution in [3.05, 3.63) is 65.0 Å². The number of rotatable bonds is 4. The summed E-state index contributed by atoms with van der Waals surface area (Å²) in [6, 6.07) is 13.0. The van der Waals surface area contributed by atoms with Crippen molar-refractivity contribution in [2.45, 2.75) is 26.8 Å². The Labute approximate surface area is 109 Å². The summed E-state index contributed by atoms with van der Waals surface area (Å²) in [7, 11) is 0. The average molecular weight is 240 g/mol. The molecule has 0 aliphatic rings. The van der Waals surface area contributed by atoms with Gasteiger partial charge in [0.2, 0.25) is 0 Å². The molecule has 0 saturated heterocycles. The van der Waals surface area contributed by atoms with Gasteiger partial charge in [-0.15, -0.1) is 0 Å². The molecule has 1 unspecified atom stereocenters. The molecule has 1 atom stereocenters. The number of aromatic nitrogens is 1. The molecule has 0 saturated carbocycles. The second-order valence-corrected chi connectivity index (χ2v) is 4.58. The second kappa shape index (κ2) is 5.78. The fourth-order valence-electron chi connectivity index (χ4n) is 2.17. The minimum absolute atomic E-state index is 0.226. The normalized spacial score (nSPS) is 12.4. The van der Waals surface area contributed by atoms with Crippen LogP contribution in [0.5, 0.6) is 0 Å². The van der Waals surface area contributed by atoms with Crippen molar-refractivity contribution in [3.8, 4) is 0 Å². The number of nitrogens with one attached hydrogen (secondary N) is 1. The van der Waals surface area contributed by atoms with E-state index >= 15 is 0 Å². The zero-order valence-corrected chi connectivity index (χ0v) is 11.3. The molecular weight excluding hydrogens is 220 g/mol. The maximum atomic E-state index is 4.40. The van der Waals surface area contributed by atoms with E-state index in [0.717, 1.165) is 12.2 Å². The minimum atomic E-state index is 0.226. The largest absolute Gasteiger partial charge is 0.306 e. The SMILES string of the molecule is CCNC(c1ccc(C)nc1)c1ccccc1C. The molecular formula is C16H20N2. The highest BCUT2D eigenvalue weighted by Crippen LogP contribution is 2.24. The number of benzene rings is 1. The molecule has 2 heteroatoms. The van der Waals surface area contributed by atoms with E-state index in [1.165, 1.54) is 16.7 Å². The Morgan fingerprint density at radius 3 is 2.50 bits per heavy atom. The molecule has 2 aromatic rings. The third-order valence-corrected chi connectivity index (χ3v) is 3.18. The second-order valence-electron chi connectivity index (χ2n) is 4.58. The van der Waals surface area contributed by atoms with Crippen LogP contribution in [0.4, 0.5) is 0 Å². The highest BCUT2D eigenvalue weighted by molar-refractivity contribution is 5.36. The molecule has 94 valence electrons. The van der Waals surface area contributed by atoms with E-state index in [-0.39, 0.29) is 6.04 Å². The van der Waals surface area contributed by atoms with Gasteiger partial charge in [-0.1, -0.05) is 37.3 Å². The Bertz CT molecular complexity index is 503.